The van der Waals surface area contributed by atoms with Crippen LogP contribution >= 0.6 is 23.5 Å². The molecule has 0 aliphatic carbocycles. The topological polar surface area (TPSA) is 56.1 Å². The summed E-state index contributed by atoms with van der Waals surface area (Å²) in [6.07, 6.45) is 16.1. The minimum Gasteiger partial charge on any atom is -0.321 e. The van der Waals surface area contributed by atoms with Crippen molar-refractivity contribution in [2.45, 2.75) is 101 Å². The smallest absolute Gasteiger partial charge is 0.222 e. The maximum atomic E-state index is 12.3. The number of nitrogens with zero attached hydrogens (tertiary/aromatic N) is 2. The third-order valence-corrected chi connectivity index (χ3v) is 8.41. The molecule has 1 saturated heterocycles. The highest BCUT2D eigenvalue weighted by molar-refractivity contribution is 8.19. The van der Waals surface area contributed by atoms with Gasteiger partial charge in [0.2, 0.25) is 10.1 Å². The molecule has 4 nitrogen and oxygen atoms in total. The summed E-state index contributed by atoms with van der Waals surface area (Å²) in [7, 11) is 4.13. The molecule has 1 amide bonds. The van der Waals surface area contributed by atoms with Crippen molar-refractivity contribution in [2.24, 2.45) is 0 Å². The van der Waals surface area contributed by atoms with Crippen molar-refractivity contribution in [1.29, 1.82) is 5.26 Å². The van der Waals surface area contributed by atoms with Crippen LogP contribution in [-0.4, -0.2) is 46.7 Å². The first-order valence-corrected chi connectivity index (χ1v) is 13.2. The molecule has 0 spiro atoms. The van der Waals surface area contributed by atoms with Crippen LogP contribution in [0.15, 0.2) is 0 Å². The zero-order valence-corrected chi connectivity index (χ0v) is 19.9. The molecule has 0 bridgehead atoms. The van der Waals surface area contributed by atoms with Crippen LogP contribution in [0.5, 0.6) is 0 Å². The van der Waals surface area contributed by atoms with Gasteiger partial charge in [-0.3, -0.25) is 4.79 Å². The van der Waals surface area contributed by atoms with Gasteiger partial charge >= 0.3 is 0 Å². The highest BCUT2D eigenvalue weighted by atomic mass is 32.2. The van der Waals surface area contributed by atoms with Crippen molar-refractivity contribution < 1.29 is 4.79 Å². The molecule has 28 heavy (non-hydrogen) atoms. The van der Waals surface area contributed by atoms with Crippen LogP contribution in [0.25, 0.3) is 0 Å². The lowest BCUT2D eigenvalue weighted by Gasteiger charge is -2.36. The standard InChI is InChI=1S/C22H41N3OS2/c1-4-5-6-7-8-9-10-11-12-13-14-15-16-21(26)24-22(19-23)27-17-20(18-28-22)25(2)3/h20H,4-18H2,1-3H3,(H,24,26). The van der Waals surface area contributed by atoms with Crippen LogP contribution in [0.4, 0.5) is 0 Å². The molecule has 6 heteroatoms. The van der Waals surface area contributed by atoms with E-state index >= 15 is 0 Å². The quantitative estimate of drug-likeness (QED) is 0.336. The molecule has 0 atom stereocenters. The molecular formula is C22H41N3OS2. The van der Waals surface area contributed by atoms with E-state index in [1.807, 2.05) is 0 Å². The van der Waals surface area contributed by atoms with Crippen molar-refractivity contribution in [3.63, 3.8) is 0 Å². The summed E-state index contributed by atoms with van der Waals surface area (Å²) < 4.78 is -0.791. The monoisotopic (exact) mass is 427 g/mol. The van der Waals surface area contributed by atoms with E-state index in [1.165, 1.54) is 64.2 Å². The normalized spacial score (nSPS) is 22.2. The summed E-state index contributed by atoms with van der Waals surface area (Å²) >= 11 is 3.13. The predicted molar refractivity (Wildman–Crippen MR) is 125 cm³/mol. The van der Waals surface area contributed by atoms with Gasteiger partial charge in [-0.1, -0.05) is 77.6 Å². The van der Waals surface area contributed by atoms with E-state index < -0.39 is 4.20 Å². The molecule has 1 heterocycles. The van der Waals surface area contributed by atoms with Crippen molar-refractivity contribution in [1.82, 2.24) is 10.2 Å². The Morgan fingerprint density at radius 1 is 0.964 bits per heavy atom. The second-order valence-electron chi connectivity index (χ2n) is 8.16. The summed E-state index contributed by atoms with van der Waals surface area (Å²) in [6, 6.07) is 2.79. The average molecular weight is 428 g/mol. The molecule has 162 valence electrons. The van der Waals surface area contributed by atoms with Gasteiger partial charge in [0.15, 0.2) is 0 Å². The van der Waals surface area contributed by atoms with Crippen LogP contribution in [0, 0.1) is 11.3 Å². The van der Waals surface area contributed by atoms with Crippen LogP contribution in [-0.2, 0) is 4.79 Å². The highest BCUT2D eigenvalue weighted by Crippen LogP contribution is 2.40. The zero-order valence-electron chi connectivity index (χ0n) is 18.3. The summed E-state index contributed by atoms with van der Waals surface area (Å²) in [5.41, 5.74) is 0. The minimum absolute atomic E-state index is 0.0249. The predicted octanol–water partition coefficient (Wildman–Crippen LogP) is 5.78. The Morgan fingerprint density at radius 2 is 1.43 bits per heavy atom. The number of unbranched alkanes of at least 4 members (excludes halogenated alkanes) is 11. The number of nitrogens with one attached hydrogen (secondary N) is 1. The van der Waals surface area contributed by atoms with Crippen molar-refractivity contribution in [3.8, 4) is 6.07 Å². The van der Waals surface area contributed by atoms with Gasteiger partial charge in [-0.2, -0.15) is 5.26 Å². The van der Waals surface area contributed by atoms with E-state index in [0.717, 1.165) is 24.3 Å². The Labute approximate surface area is 182 Å². The lowest BCUT2D eigenvalue weighted by atomic mass is 10.0. The first-order chi connectivity index (χ1) is 13.5. The van der Waals surface area contributed by atoms with Gasteiger partial charge in [-0.05, 0) is 20.5 Å². The Hall–Kier alpha value is -0.380. The number of thioether (sulfide) groups is 2. The number of hydrogen-bond acceptors (Lipinski definition) is 5. The molecule has 0 aromatic carbocycles. The summed E-state index contributed by atoms with van der Waals surface area (Å²) in [6.45, 7) is 2.26. The molecule has 0 unspecified atom stereocenters. The van der Waals surface area contributed by atoms with Gasteiger partial charge in [-0.15, -0.1) is 23.5 Å². The second kappa shape index (κ2) is 15.5. The third-order valence-electron chi connectivity index (χ3n) is 5.40. The summed E-state index contributed by atoms with van der Waals surface area (Å²) in [5.74, 6) is 1.79. The number of rotatable bonds is 15. The molecule has 1 N–H and O–H groups in total. The van der Waals surface area contributed by atoms with E-state index in [4.69, 9.17) is 0 Å². The molecule has 1 rings (SSSR count). The SMILES string of the molecule is CCCCCCCCCCCCCCC(=O)NC1(C#N)SCC(N(C)C)CS1. The molecule has 1 aliphatic heterocycles. The molecule has 1 aliphatic rings. The van der Waals surface area contributed by atoms with Crippen LogP contribution in [0.1, 0.15) is 90.4 Å². The van der Waals surface area contributed by atoms with Crippen LogP contribution in [0.3, 0.4) is 0 Å². The number of amides is 1. The Kier molecular flexibility index (Phi) is 14.2. The highest BCUT2D eigenvalue weighted by Gasteiger charge is 2.39. The van der Waals surface area contributed by atoms with Gasteiger partial charge in [0.05, 0.1) is 0 Å². The molecular weight excluding hydrogens is 386 g/mol. The summed E-state index contributed by atoms with van der Waals surface area (Å²) in [4.78, 5) is 14.5. The zero-order chi connectivity index (χ0) is 20.7. The fraction of sp³-hybridized carbons (Fsp3) is 0.909. The number of carbonyl (C=O) groups is 1. The lowest BCUT2D eigenvalue weighted by Crippen LogP contribution is -2.48. The third kappa shape index (κ3) is 11.0. The van der Waals surface area contributed by atoms with Crippen molar-refractivity contribution in [2.75, 3.05) is 25.6 Å². The second-order valence-corrected chi connectivity index (χ2v) is 10.9. The van der Waals surface area contributed by atoms with Gasteiger partial charge in [0.25, 0.3) is 0 Å². The number of nitriles is 1. The maximum absolute atomic E-state index is 12.3. The molecule has 1 fully saturated rings. The summed E-state index contributed by atoms with van der Waals surface area (Å²) in [5, 5.41) is 12.6. The van der Waals surface area contributed by atoms with E-state index in [2.05, 4.69) is 37.3 Å². The minimum atomic E-state index is -0.791. The Balaban J connectivity index is 2.02. The largest absolute Gasteiger partial charge is 0.321 e. The fourth-order valence-corrected chi connectivity index (χ4v) is 6.43. The Morgan fingerprint density at radius 3 is 1.86 bits per heavy atom. The van der Waals surface area contributed by atoms with Crippen molar-refractivity contribution >= 4 is 29.4 Å². The van der Waals surface area contributed by atoms with Gasteiger partial charge in [0.1, 0.15) is 6.07 Å². The van der Waals surface area contributed by atoms with E-state index in [-0.39, 0.29) is 5.91 Å². The van der Waals surface area contributed by atoms with Crippen LogP contribution < -0.4 is 5.32 Å². The number of hydrogen-bond donors (Lipinski definition) is 1. The van der Waals surface area contributed by atoms with E-state index in [9.17, 15) is 10.1 Å². The number of carbonyl (C=O) groups excluding carboxylic acids is 1. The Bertz CT molecular complexity index is 457. The first kappa shape index (κ1) is 25.7. The molecule has 0 aromatic rings. The average Bonchev–Trinajstić information content (AvgIpc) is 2.69. The van der Waals surface area contributed by atoms with E-state index in [1.54, 1.807) is 23.5 Å². The molecule has 0 saturated carbocycles. The lowest BCUT2D eigenvalue weighted by molar-refractivity contribution is -0.121. The molecule has 0 radical (unpaired) electrons. The van der Waals surface area contributed by atoms with Gasteiger partial charge < -0.3 is 10.2 Å². The first-order valence-electron chi connectivity index (χ1n) is 11.2. The fourth-order valence-electron chi connectivity index (χ4n) is 3.35. The molecule has 0 aromatic heterocycles. The van der Waals surface area contributed by atoms with Gasteiger partial charge in [-0.25, -0.2) is 0 Å². The maximum Gasteiger partial charge on any atom is 0.222 e. The van der Waals surface area contributed by atoms with E-state index in [0.29, 0.717) is 12.5 Å². The van der Waals surface area contributed by atoms with Crippen LogP contribution in [0.2, 0.25) is 0 Å². The van der Waals surface area contributed by atoms with Crippen molar-refractivity contribution in [3.05, 3.63) is 0 Å². The van der Waals surface area contributed by atoms with Gasteiger partial charge in [0, 0.05) is 24.0 Å².